The van der Waals surface area contributed by atoms with E-state index in [4.69, 9.17) is 23.7 Å². The first-order valence-electron chi connectivity index (χ1n) is 9.23. The second kappa shape index (κ2) is 12.2. The molecule has 1 heterocycles. The minimum atomic E-state index is -0.718. The molecule has 1 aliphatic heterocycles. The number of allylic oxidation sites excluding steroid dienone is 2. The molecule has 28 heavy (non-hydrogen) atoms. The fourth-order valence-electron chi connectivity index (χ4n) is 2.87. The Morgan fingerprint density at radius 2 is 1.46 bits per heavy atom. The zero-order valence-electron chi connectivity index (χ0n) is 16.8. The fourth-order valence-corrected chi connectivity index (χ4v) is 2.87. The maximum atomic E-state index is 13.3. The lowest BCUT2D eigenvalue weighted by Crippen LogP contribution is -2.32. The van der Waals surface area contributed by atoms with E-state index in [2.05, 4.69) is 0 Å². The second-order valence-electron chi connectivity index (χ2n) is 6.15. The third-order valence-electron chi connectivity index (χ3n) is 4.24. The average molecular weight is 391 g/mol. The van der Waals surface area contributed by atoms with Crippen LogP contribution in [0.1, 0.15) is 24.5 Å². The topological polar surface area (TPSA) is 66.5 Å². The van der Waals surface area contributed by atoms with Crippen LogP contribution in [0.5, 0.6) is 0 Å². The van der Waals surface area contributed by atoms with Crippen molar-refractivity contribution < 1.29 is 28.5 Å². The van der Waals surface area contributed by atoms with Gasteiger partial charge in [-0.3, -0.25) is 9.69 Å². The Morgan fingerprint density at radius 1 is 0.929 bits per heavy atom. The summed E-state index contributed by atoms with van der Waals surface area (Å²) >= 11 is 0. The largest absolute Gasteiger partial charge is 0.497 e. The van der Waals surface area contributed by atoms with E-state index in [1.165, 1.54) is 7.11 Å². The highest BCUT2D eigenvalue weighted by molar-refractivity contribution is 5.86. The summed E-state index contributed by atoms with van der Waals surface area (Å²) in [7, 11) is 4.76. The Balaban J connectivity index is 2.22. The standard InChI is InChI=1S/C21H29NO6/c1-24-11-13-27-15-18-9-10-19(16-28-14-12-25-2)22(18)21(23)20(26-3)17-7-5-4-6-8-17/h4-8,15-16,20H,9-14H2,1-3H3/b18-15-,19-16+/t20-/m0/s1. The number of hydrogen-bond acceptors (Lipinski definition) is 6. The minimum Gasteiger partial charge on any atom is -0.497 e. The number of methoxy groups -OCH3 is 3. The first kappa shape index (κ1) is 21.9. The zero-order valence-corrected chi connectivity index (χ0v) is 16.8. The van der Waals surface area contributed by atoms with Crippen molar-refractivity contribution in [2.45, 2.75) is 18.9 Å². The molecule has 0 unspecified atom stereocenters. The van der Waals surface area contributed by atoms with E-state index in [1.54, 1.807) is 31.6 Å². The van der Waals surface area contributed by atoms with E-state index >= 15 is 0 Å². The Kier molecular flexibility index (Phi) is 9.54. The van der Waals surface area contributed by atoms with Crippen LogP contribution in [0.2, 0.25) is 0 Å². The molecule has 0 aliphatic carbocycles. The Morgan fingerprint density at radius 3 is 1.93 bits per heavy atom. The van der Waals surface area contributed by atoms with Gasteiger partial charge in [0.2, 0.25) is 0 Å². The molecule has 2 rings (SSSR count). The van der Waals surface area contributed by atoms with Crippen LogP contribution in [0.15, 0.2) is 54.3 Å². The molecule has 1 aromatic carbocycles. The van der Waals surface area contributed by atoms with Crippen molar-refractivity contribution in [2.24, 2.45) is 0 Å². The number of ether oxygens (including phenoxy) is 5. The third-order valence-corrected chi connectivity index (χ3v) is 4.24. The summed E-state index contributed by atoms with van der Waals surface area (Å²) in [5, 5.41) is 0. The van der Waals surface area contributed by atoms with Crippen molar-refractivity contribution in [3.05, 3.63) is 59.8 Å². The minimum absolute atomic E-state index is 0.186. The first-order valence-corrected chi connectivity index (χ1v) is 9.23. The summed E-state index contributed by atoms with van der Waals surface area (Å²) < 4.78 is 26.6. The number of carbonyl (C=O) groups is 1. The van der Waals surface area contributed by atoms with Crippen molar-refractivity contribution in [1.29, 1.82) is 0 Å². The summed E-state index contributed by atoms with van der Waals surface area (Å²) in [5.74, 6) is -0.186. The molecular formula is C21H29NO6. The Bertz CT molecular complexity index is 630. The molecule has 1 aromatic rings. The number of amides is 1. The molecule has 0 radical (unpaired) electrons. The van der Waals surface area contributed by atoms with Crippen LogP contribution in [0.4, 0.5) is 0 Å². The van der Waals surface area contributed by atoms with E-state index in [0.29, 0.717) is 39.3 Å². The van der Waals surface area contributed by atoms with Gasteiger partial charge in [0.1, 0.15) is 25.7 Å². The number of benzene rings is 1. The molecular weight excluding hydrogens is 362 g/mol. The van der Waals surface area contributed by atoms with Gasteiger partial charge in [-0.15, -0.1) is 0 Å². The van der Waals surface area contributed by atoms with Gasteiger partial charge in [-0.2, -0.15) is 0 Å². The van der Waals surface area contributed by atoms with Gasteiger partial charge in [-0.25, -0.2) is 0 Å². The van der Waals surface area contributed by atoms with Crippen LogP contribution in [0, 0.1) is 0 Å². The fraction of sp³-hybridized carbons (Fsp3) is 0.476. The van der Waals surface area contributed by atoms with Gasteiger partial charge >= 0.3 is 0 Å². The lowest BCUT2D eigenvalue weighted by atomic mass is 10.1. The summed E-state index contributed by atoms with van der Waals surface area (Å²) in [4.78, 5) is 15.0. The molecule has 0 aromatic heterocycles. The van der Waals surface area contributed by atoms with Gasteiger partial charge < -0.3 is 23.7 Å². The number of carbonyl (C=O) groups excluding carboxylic acids is 1. The molecule has 0 bridgehead atoms. The van der Waals surface area contributed by atoms with Crippen LogP contribution < -0.4 is 0 Å². The number of nitrogens with zero attached hydrogens (tertiary/aromatic N) is 1. The first-order chi connectivity index (χ1) is 13.7. The van der Waals surface area contributed by atoms with E-state index in [0.717, 1.165) is 17.0 Å². The zero-order chi connectivity index (χ0) is 20.2. The SMILES string of the molecule is COCCO/C=C1/CC/C(=C\OCCOC)N1C(=O)[C@@H](OC)c1ccccc1. The van der Waals surface area contributed by atoms with Gasteiger partial charge in [-0.05, 0) is 18.4 Å². The van der Waals surface area contributed by atoms with Crippen LogP contribution >= 0.6 is 0 Å². The Hall–Kier alpha value is -2.35. The third kappa shape index (κ3) is 6.09. The predicted molar refractivity (Wildman–Crippen MR) is 104 cm³/mol. The quantitative estimate of drug-likeness (QED) is 0.427. The molecule has 1 fully saturated rings. The summed E-state index contributed by atoms with van der Waals surface area (Å²) in [6.07, 6.45) is 3.85. The molecule has 0 saturated carbocycles. The molecule has 7 heteroatoms. The smallest absolute Gasteiger partial charge is 0.264 e. The van der Waals surface area contributed by atoms with E-state index in [1.807, 2.05) is 30.3 Å². The Labute approximate surface area is 166 Å². The van der Waals surface area contributed by atoms with Crippen molar-refractivity contribution in [1.82, 2.24) is 4.90 Å². The van der Waals surface area contributed by atoms with Crippen LogP contribution in [-0.2, 0) is 28.5 Å². The van der Waals surface area contributed by atoms with Crippen molar-refractivity contribution in [3.63, 3.8) is 0 Å². The second-order valence-corrected chi connectivity index (χ2v) is 6.15. The van der Waals surface area contributed by atoms with Gasteiger partial charge in [0.15, 0.2) is 6.10 Å². The van der Waals surface area contributed by atoms with Crippen molar-refractivity contribution in [3.8, 4) is 0 Å². The van der Waals surface area contributed by atoms with E-state index in [-0.39, 0.29) is 5.91 Å². The summed E-state index contributed by atoms with van der Waals surface area (Å²) in [6, 6.07) is 9.42. The van der Waals surface area contributed by atoms with Crippen LogP contribution in [0.25, 0.3) is 0 Å². The molecule has 1 aliphatic rings. The highest BCUT2D eigenvalue weighted by Crippen LogP contribution is 2.34. The van der Waals surface area contributed by atoms with E-state index < -0.39 is 6.10 Å². The monoisotopic (exact) mass is 391 g/mol. The van der Waals surface area contributed by atoms with Gasteiger partial charge in [0.25, 0.3) is 5.91 Å². The van der Waals surface area contributed by atoms with Gasteiger partial charge in [0.05, 0.1) is 24.6 Å². The summed E-state index contributed by atoms with van der Waals surface area (Å²) in [6.45, 7) is 1.78. The average Bonchev–Trinajstić information content (AvgIpc) is 3.12. The molecule has 0 N–H and O–H groups in total. The molecule has 154 valence electrons. The highest BCUT2D eigenvalue weighted by Gasteiger charge is 2.34. The molecule has 0 spiro atoms. The lowest BCUT2D eigenvalue weighted by Gasteiger charge is -2.25. The lowest BCUT2D eigenvalue weighted by molar-refractivity contribution is -0.138. The highest BCUT2D eigenvalue weighted by atomic mass is 16.5. The normalized spacial score (nSPS) is 17.9. The van der Waals surface area contributed by atoms with Crippen LogP contribution in [0.3, 0.4) is 0 Å². The van der Waals surface area contributed by atoms with Gasteiger partial charge in [-0.1, -0.05) is 30.3 Å². The predicted octanol–water partition coefficient (Wildman–Crippen LogP) is 3.01. The van der Waals surface area contributed by atoms with Crippen molar-refractivity contribution >= 4 is 5.91 Å². The molecule has 1 saturated heterocycles. The molecule has 1 atom stereocenters. The molecule has 1 amide bonds. The maximum absolute atomic E-state index is 13.3. The van der Waals surface area contributed by atoms with Gasteiger partial charge in [0, 0.05) is 21.3 Å². The number of rotatable bonds is 11. The number of likely N-dealkylation sites (tertiary alicyclic amines) is 1. The molecule has 7 nitrogen and oxygen atoms in total. The van der Waals surface area contributed by atoms with Crippen LogP contribution in [-0.4, -0.2) is 58.6 Å². The van der Waals surface area contributed by atoms with Crippen molar-refractivity contribution in [2.75, 3.05) is 47.8 Å². The summed E-state index contributed by atoms with van der Waals surface area (Å²) in [5.41, 5.74) is 2.32. The maximum Gasteiger partial charge on any atom is 0.264 e. The number of hydrogen-bond donors (Lipinski definition) is 0. The van der Waals surface area contributed by atoms with E-state index in [9.17, 15) is 4.79 Å².